The Morgan fingerprint density at radius 2 is 2.15 bits per heavy atom. The van der Waals surface area contributed by atoms with E-state index in [1.54, 1.807) is 6.20 Å². The lowest BCUT2D eigenvalue weighted by Crippen LogP contribution is -2.39. The Bertz CT molecular complexity index is 848. The third-order valence-corrected chi connectivity index (χ3v) is 5.16. The summed E-state index contributed by atoms with van der Waals surface area (Å²) < 4.78 is 8.04. The quantitative estimate of drug-likeness (QED) is 0.670. The second kappa shape index (κ2) is 8.46. The standard InChI is InChI=1S/C22H26N4O/c1-18-13-21(26-12-4-10-24-26)8-7-20(18)15-25-11-3-6-22(16-25)27-17-19-5-2-9-23-14-19/h2,4-5,7-10,12-14,22H,3,6,11,15-17H2,1H3/t22-/m0/s1. The van der Waals surface area contributed by atoms with Crippen LogP contribution < -0.4 is 0 Å². The van der Waals surface area contributed by atoms with E-state index in [2.05, 4.69) is 46.2 Å². The molecule has 0 amide bonds. The minimum atomic E-state index is 0.294. The highest BCUT2D eigenvalue weighted by Gasteiger charge is 2.21. The fourth-order valence-corrected chi connectivity index (χ4v) is 3.65. The van der Waals surface area contributed by atoms with Crippen molar-refractivity contribution in [3.05, 3.63) is 77.9 Å². The summed E-state index contributed by atoms with van der Waals surface area (Å²) in [6.45, 7) is 5.91. The van der Waals surface area contributed by atoms with E-state index in [0.717, 1.165) is 37.3 Å². The van der Waals surface area contributed by atoms with Gasteiger partial charge in [0.25, 0.3) is 0 Å². The summed E-state index contributed by atoms with van der Waals surface area (Å²) in [7, 11) is 0. The molecule has 0 spiro atoms. The van der Waals surface area contributed by atoms with Crippen LogP contribution in [0.5, 0.6) is 0 Å². The molecular formula is C22H26N4O. The van der Waals surface area contributed by atoms with Crippen LogP contribution in [0.4, 0.5) is 0 Å². The Balaban J connectivity index is 1.35. The van der Waals surface area contributed by atoms with Crippen molar-refractivity contribution in [1.29, 1.82) is 0 Å². The van der Waals surface area contributed by atoms with E-state index in [1.165, 1.54) is 17.5 Å². The maximum absolute atomic E-state index is 6.14. The van der Waals surface area contributed by atoms with Gasteiger partial charge < -0.3 is 4.74 Å². The first-order valence-corrected chi connectivity index (χ1v) is 9.60. The summed E-state index contributed by atoms with van der Waals surface area (Å²) in [4.78, 5) is 6.67. The van der Waals surface area contributed by atoms with E-state index < -0.39 is 0 Å². The normalized spacial score (nSPS) is 17.9. The molecule has 0 radical (unpaired) electrons. The van der Waals surface area contributed by atoms with Gasteiger partial charge in [0.1, 0.15) is 0 Å². The van der Waals surface area contributed by atoms with Crippen LogP contribution in [-0.4, -0.2) is 38.9 Å². The fraction of sp³-hybridized carbons (Fsp3) is 0.364. The Kier molecular flexibility index (Phi) is 5.61. The van der Waals surface area contributed by atoms with E-state index in [0.29, 0.717) is 12.7 Å². The molecule has 1 aromatic carbocycles. The molecule has 0 bridgehead atoms. The van der Waals surface area contributed by atoms with E-state index in [4.69, 9.17) is 4.74 Å². The maximum atomic E-state index is 6.14. The van der Waals surface area contributed by atoms with E-state index in [9.17, 15) is 0 Å². The highest BCUT2D eigenvalue weighted by atomic mass is 16.5. The molecule has 0 unspecified atom stereocenters. The zero-order valence-corrected chi connectivity index (χ0v) is 15.8. The van der Waals surface area contributed by atoms with Crippen LogP contribution in [0.25, 0.3) is 5.69 Å². The molecule has 140 valence electrons. The van der Waals surface area contributed by atoms with Crippen LogP contribution in [0.15, 0.2) is 61.2 Å². The molecule has 1 saturated heterocycles. The number of aryl methyl sites for hydroxylation is 1. The Hall–Kier alpha value is -2.50. The molecule has 4 rings (SSSR count). The van der Waals surface area contributed by atoms with Crippen LogP contribution in [-0.2, 0) is 17.9 Å². The van der Waals surface area contributed by atoms with E-state index in [-0.39, 0.29) is 0 Å². The van der Waals surface area contributed by atoms with Gasteiger partial charge >= 0.3 is 0 Å². The molecule has 0 N–H and O–H groups in total. The summed E-state index contributed by atoms with van der Waals surface area (Å²) in [5, 5.41) is 4.31. The lowest BCUT2D eigenvalue weighted by molar-refractivity contribution is -0.0121. The molecule has 0 saturated carbocycles. The first-order valence-electron chi connectivity index (χ1n) is 9.60. The molecule has 1 aliphatic heterocycles. The number of likely N-dealkylation sites (tertiary alicyclic amines) is 1. The van der Waals surface area contributed by atoms with Gasteiger partial charge in [0, 0.05) is 37.9 Å². The van der Waals surface area contributed by atoms with Gasteiger partial charge in [-0.05, 0) is 67.3 Å². The molecule has 5 nitrogen and oxygen atoms in total. The number of nitrogens with zero attached hydrogens (tertiary/aromatic N) is 4. The summed E-state index contributed by atoms with van der Waals surface area (Å²) >= 11 is 0. The second-order valence-electron chi connectivity index (χ2n) is 7.23. The van der Waals surface area contributed by atoms with Gasteiger partial charge in [-0.2, -0.15) is 5.10 Å². The fourth-order valence-electron chi connectivity index (χ4n) is 3.65. The van der Waals surface area contributed by atoms with Gasteiger partial charge in [0.2, 0.25) is 0 Å². The Morgan fingerprint density at radius 3 is 2.93 bits per heavy atom. The molecule has 5 heteroatoms. The van der Waals surface area contributed by atoms with Crippen LogP contribution in [0.1, 0.15) is 29.5 Å². The summed E-state index contributed by atoms with van der Waals surface area (Å²) in [5.74, 6) is 0. The number of aromatic nitrogens is 3. The topological polar surface area (TPSA) is 43.2 Å². The lowest BCUT2D eigenvalue weighted by Gasteiger charge is -2.33. The molecule has 27 heavy (non-hydrogen) atoms. The third kappa shape index (κ3) is 4.62. The molecule has 3 aromatic rings. The highest BCUT2D eigenvalue weighted by Crippen LogP contribution is 2.20. The van der Waals surface area contributed by atoms with Crippen molar-refractivity contribution in [2.45, 2.75) is 39.0 Å². The number of hydrogen-bond donors (Lipinski definition) is 0. The predicted octanol–water partition coefficient (Wildman–Crippen LogP) is 3.76. The lowest BCUT2D eigenvalue weighted by atomic mass is 10.0. The number of ether oxygens (including phenoxy) is 1. The summed E-state index contributed by atoms with van der Waals surface area (Å²) in [6.07, 6.45) is 10.1. The highest BCUT2D eigenvalue weighted by molar-refractivity contribution is 5.39. The van der Waals surface area contributed by atoms with Gasteiger partial charge in [-0.15, -0.1) is 0 Å². The van der Waals surface area contributed by atoms with Gasteiger partial charge in [0.15, 0.2) is 0 Å². The summed E-state index contributed by atoms with van der Waals surface area (Å²) in [5.41, 5.74) is 4.93. The molecule has 1 aliphatic rings. The van der Waals surface area contributed by atoms with E-state index >= 15 is 0 Å². The van der Waals surface area contributed by atoms with Gasteiger partial charge in [-0.3, -0.25) is 9.88 Å². The molecule has 1 atom stereocenters. The van der Waals surface area contributed by atoms with Crippen LogP contribution in [0.3, 0.4) is 0 Å². The predicted molar refractivity (Wildman–Crippen MR) is 106 cm³/mol. The Morgan fingerprint density at radius 1 is 1.19 bits per heavy atom. The van der Waals surface area contributed by atoms with Crippen molar-refractivity contribution in [3.63, 3.8) is 0 Å². The molecule has 1 fully saturated rings. The van der Waals surface area contributed by atoms with Crippen molar-refractivity contribution < 1.29 is 4.74 Å². The first kappa shape index (κ1) is 17.9. The molecule has 0 aliphatic carbocycles. The van der Waals surface area contributed by atoms with Crippen molar-refractivity contribution in [2.24, 2.45) is 0 Å². The maximum Gasteiger partial charge on any atom is 0.0736 e. The van der Waals surface area contributed by atoms with Crippen LogP contribution in [0, 0.1) is 6.92 Å². The van der Waals surface area contributed by atoms with Gasteiger partial charge in [-0.25, -0.2) is 4.68 Å². The number of benzene rings is 1. The monoisotopic (exact) mass is 362 g/mol. The van der Waals surface area contributed by atoms with Crippen molar-refractivity contribution in [2.75, 3.05) is 13.1 Å². The Labute approximate surface area is 160 Å². The van der Waals surface area contributed by atoms with Crippen molar-refractivity contribution in [1.82, 2.24) is 19.7 Å². The third-order valence-electron chi connectivity index (χ3n) is 5.16. The van der Waals surface area contributed by atoms with Gasteiger partial charge in [0.05, 0.1) is 18.4 Å². The molecular weight excluding hydrogens is 336 g/mol. The molecule has 3 heterocycles. The molecule has 2 aromatic heterocycles. The average molecular weight is 362 g/mol. The SMILES string of the molecule is Cc1cc(-n2cccn2)ccc1CN1CCC[C@H](OCc2cccnc2)C1. The zero-order valence-electron chi connectivity index (χ0n) is 15.8. The minimum absolute atomic E-state index is 0.294. The van der Waals surface area contributed by atoms with Crippen molar-refractivity contribution >= 4 is 0 Å². The number of hydrogen-bond acceptors (Lipinski definition) is 4. The smallest absolute Gasteiger partial charge is 0.0736 e. The zero-order chi connectivity index (χ0) is 18.5. The number of piperidine rings is 1. The average Bonchev–Trinajstić information content (AvgIpc) is 3.24. The summed E-state index contributed by atoms with van der Waals surface area (Å²) in [6, 6.07) is 12.6. The number of rotatable bonds is 6. The van der Waals surface area contributed by atoms with Crippen molar-refractivity contribution in [3.8, 4) is 5.69 Å². The largest absolute Gasteiger partial charge is 0.372 e. The van der Waals surface area contributed by atoms with E-state index in [1.807, 2.05) is 35.4 Å². The van der Waals surface area contributed by atoms with Crippen LogP contribution >= 0.6 is 0 Å². The van der Waals surface area contributed by atoms with Gasteiger partial charge in [-0.1, -0.05) is 12.1 Å². The minimum Gasteiger partial charge on any atom is -0.372 e. The first-order chi connectivity index (χ1) is 13.3. The second-order valence-corrected chi connectivity index (χ2v) is 7.23. The van der Waals surface area contributed by atoms with Crippen LogP contribution in [0.2, 0.25) is 0 Å². The number of pyridine rings is 1.